The molecule has 0 aromatic carbocycles. The molecule has 0 aromatic rings. The van der Waals surface area contributed by atoms with Crippen molar-refractivity contribution in [3.8, 4) is 0 Å². The molecule has 1 unspecified atom stereocenters. The monoisotopic (exact) mass is 202 g/mol. The van der Waals surface area contributed by atoms with E-state index in [0.717, 1.165) is 14.2 Å². The molecule has 0 radical (unpaired) electrons. The number of ether oxygens (including phenoxy) is 2. The van der Waals surface area contributed by atoms with Crippen LogP contribution in [0.1, 0.15) is 0 Å². The summed E-state index contributed by atoms with van der Waals surface area (Å²) in [6.07, 6.45) is -5.28. The highest BCUT2D eigenvalue weighted by molar-refractivity contribution is 5.04. The van der Waals surface area contributed by atoms with Gasteiger partial charge in [0.15, 0.2) is 5.76 Å². The van der Waals surface area contributed by atoms with Crippen molar-refractivity contribution in [2.45, 2.75) is 12.3 Å². The lowest BCUT2D eigenvalue weighted by Gasteiger charge is -2.12. The van der Waals surface area contributed by atoms with Crippen molar-refractivity contribution in [2.24, 2.45) is 0 Å². The highest BCUT2D eigenvalue weighted by atomic mass is 19.4. The van der Waals surface area contributed by atoms with Crippen LogP contribution in [0.15, 0.2) is 11.8 Å². The van der Waals surface area contributed by atoms with Crippen molar-refractivity contribution in [2.75, 3.05) is 20.9 Å². The van der Waals surface area contributed by atoms with Gasteiger partial charge in [0.1, 0.15) is 12.8 Å². The van der Waals surface area contributed by atoms with Gasteiger partial charge in [0, 0.05) is 7.11 Å². The molecule has 0 rings (SSSR count). The standard InChI is InChI=1S/C7H10F4O2/c1-12-5(4-8)3-6(13-2)7(9,10)11/h3,5H,4H2,1-2H3. The third-order valence-electron chi connectivity index (χ3n) is 1.29. The molecule has 0 N–H and O–H groups in total. The predicted octanol–water partition coefficient (Wildman–Crippen LogP) is 2.06. The summed E-state index contributed by atoms with van der Waals surface area (Å²) >= 11 is 0. The molecule has 78 valence electrons. The van der Waals surface area contributed by atoms with Gasteiger partial charge in [0.05, 0.1) is 7.11 Å². The number of methoxy groups -OCH3 is 2. The largest absolute Gasteiger partial charge is 0.492 e. The highest BCUT2D eigenvalue weighted by Crippen LogP contribution is 2.26. The third kappa shape index (κ3) is 4.12. The Balaban J connectivity index is 4.54. The summed E-state index contributed by atoms with van der Waals surface area (Å²) in [5, 5.41) is 0. The van der Waals surface area contributed by atoms with E-state index in [1.54, 1.807) is 0 Å². The Morgan fingerprint density at radius 3 is 2.15 bits per heavy atom. The van der Waals surface area contributed by atoms with E-state index in [9.17, 15) is 17.6 Å². The van der Waals surface area contributed by atoms with E-state index in [1.807, 2.05) is 0 Å². The van der Waals surface area contributed by atoms with Crippen molar-refractivity contribution in [1.29, 1.82) is 0 Å². The summed E-state index contributed by atoms with van der Waals surface area (Å²) < 4.78 is 56.3. The predicted molar refractivity (Wildman–Crippen MR) is 37.9 cm³/mol. The Morgan fingerprint density at radius 1 is 1.38 bits per heavy atom. The molecule has 0 aliphatic heterocycles. The number of hydrogen-bond donors (Lipinski definition) is 0. The van der Waals surface area contributed by atoms with Crippen molar-refractivity contribution in [3.05, 3.63) is 11.8 Å². The molecule has 0 aromatic heterocycles. The maximum absolute atomic E-state index is 12.0. The van der Waals surface area contributed by atoms with Gasteiger partial charge in [-0.1, -0.05) is 0 Å². The minimum absolute atomic E-state index is 0.556. The topological polar surface area (TPSA) is 18.5 Å². The molecule has 0 spiro atoms. The highest BCUT2D eigenvalue weighted by Gasteiger charge is 2.35. The molecular weight excluding hydrogens is 192 g/mol. The Labute approximate surface area is 73.1 Å². The summed E-state index contributed by atoms with van der Waals surface area (Å²) in [6.45, 7) is -1.03. The zero-order chi connectivity index (χ0) is 10.5. The van der Waals surface area contributed by atoms with Crippen molar-refractivity contribution in [3.63, 3.8) is 0 Å². The van der Waals surface area contributed by atoms with Crippen molar-refractivity contribution >= 4 is 0 Å². The first kappa shape index (κ1) is 12.2. The van der Waals surface area contributed by atoms with Crippen LogP contribution in [-0.2, 0) is 9.47 Å². The van der Waals surface area contributed by atoms with E-state index in [2.05, 4.69) is 9.47 Å². The van der Waals surface area contributed by atoms with Crippen LogP contribution >= 0.6 is 0 Å². The maximum Gasteiger partial charge on any atom is 0.448 e. The van der Waals surface area contributed by atoms with Crippen LogP contribution in [0.5, 0.6) is 0 Å². The van der Waals surface area contributed by atoms with Gasteiger partial charge in [-0.15, -0.1) is 0 Å². The summed E-state index contributed by atoms with van der Waals surface area (Å²) in [5.41, 5.74) is 0. The minimum Gasteiger partial charge on any atom is -0.492 e. The summed E-state index contributed by atoms with van der Waals surface area (Å²) in [5.74, 6) is -1.25. The van der Waals surface area contributed by atoms with Crippen LogP contribution in [0.25, 0.3) is 0 Å². The molecule has 0 heterocycles. The molecule has 2 nitrogen and oxygen atoms in total. The molecule has 0 saturated carbocycles. The quantitative estimate of drug-likeness (QED) is 0.513. The summed E-state index contributed by atoms with van der Waals surface area (Å²) in [4.78, 5) is 0. The Kier molecular flexibility index (Phi) is 4.76. The number of allylic oxidation sites excluding steroid dienone is 1. The Morgan fingerprint density at radius 2 is 1.92 bits per heavy atom. The van der Waals surface area contributed by atoms with Gasteiger partial charge in [-0.2, -0.15) is 13.2 Å². The van der Waals surface area contributed by atoms with Crippen LogP contribution in [-0.4, -0.2) is 33.2 Å². The lowest BCUT2D eigenvalue weighted by atomic mass is 10.3. The lowest BCUT2D eigenvalue weighted by molar-refractivity contribution is -0.127. The summed E-state index contributed by atoms with van der Waals surface area (Å²) in [7, 11) is 1.98. The number of halogens is 4. The van der Waals surface area contributed by atoms with Gasteiger partial charge < -0.3 is 9.47 Å². The molecule has 0 bridgehead atoms. The van der Waals surface area contributed by atoms with Crippen molar-refractivity contribution < 1.29 is 27.0 Å². The zero-order valence-electron chi connectivity index (χ0n) is 7.19. The lowest BCUT2D eigenvalue weighted by Crippen LogP contribution is -2.18. The average Bonchev–Trinajstić information content (AvgIpc) is 2.04. The minimum atomic E-state index is -4.61. The summed E-state index contributed by atoms with van der Waals surface area (Å²) in [6, 6.07) is 0. The normalized spacial score (nSPS) is 15.7. The van der Waals surface area contributed by atoms with E-state index in [-0.39, 0.29) is 0 Å². The number of hydrogen-bond acceptors (Lipinski definition) is 2. The molecule has 0 aliphatic carbocycles. The first-order valence-electron chi connectivity index (χ1n) is 3.37. The average molecular weight is 202 g/mol. The fourth-order valence-corrected chi connectivity index (χ4v) is 0.623. The Bertz CT molecular complexity index is 172. The molecule has 13 heavy (non-hydrogen) atoms. The van der Waals surface area contributed by atoms with E-state index in [1.165, 1.54) is 0 Å². The first-order chi connectivity index (χ1) is 5.95. The van der Waals surface area contributed by atoms with Crippen LogP contribution in [0.3, 0.4) is 0 Å². The van der Waals surface area contributed by atoms with Gasteiger partial charge >= 0.3 is 6.18 Å². The van der Waals surface area contributed by atoms with Gasteiger partial charge in [-0.25, -0.2) is 4.39 Å². The molecule has 0 fully saturated rings. The van der Waals surface area contributed by atoms with Gasteiger partial charge in [-0.3, -0.25) is 0 Å². The van der Waals surface area contributed by atoms with E-state index in [0.29, 0.717) is 6.08 Å². The molecular formula is C7H10F4O2. The van der Waals surface area contributed by atoms with Crippen LogP contribution in [0, 0.1) is 0 Å². The van der Waals surface area contributed by atoms with Gasteiger partial charge in [0.25, 0.3) is 0 Å². The molecule has 0 aliphatic rings. The van der Waals surface area contributed by atoms with Crippen LogP contribution < -0.4 is 0 Å². The fourth-order valence-electron chi connectivity index (χ4n) is 0.623. The first-order valence-corrected chi connectivity index (χ1v) is 3.37. The fraction of sp³-hybridized carbons (Fsp3) is 0.714. The van der Waals surface area contributed by atoms with E-state index >= 15 is 0 Å². The Hall–Kier alpha value is -0.780. The molecule has 6 heteroatoms. The van der Waals surface area contributed by atoms with E-state index < -0.39 is 24.7 Å². The van der Waals surface area contributed by atoms with Crippen molar-refractivity contribution in [1.82, 2.24) is 0 Å². The smallest absolute Gasteiger partial charge is 0.448 e. The zero-order valence-corrected chi connectivity index (χ0v) is 7.19. The SMILES string of the molecule is COC(=CC(CF)OC)C(F)(F)F. The second-order valence-corrected chi connectivity index (χ2v) is 2.16. The third-order valence-corrected chi connectivity index (χ3v) is 1.29. The van der Waals surface area contributed by atoms with E-state index in [4.69, 9.17) is 0 Å². The second kappa shape index (κ2) is 5.06. The maximum atomic E-state index is 12.0. The van der Waals surface area contributed by atoms with Gasteiger partial charge in [0.2, 0.25) is 0 Å². The number of rotatable bonds is 4. The van der Waals surface area contributed by atoms with Crippen LogP contribution in [0.4, 0.5) is 17.6 Å². The second-order valence-electron chi connectivity index (χ2n) is 2.16. The molecule has 0 amide bonds. The molecule has 1 atom stereocenters. The molecule has 0 saturated heterocycles. The number of alkyl halides is 4. The van der Waals surface area contributed by atoms with Gasteiger partial charge in [-0.05, 0) is 6.08 Å². The van der Waals surface area contributed by atoms with Crippen LogP contribution in [0.2, 0.25) is 0 Å².